The molecule has 1 aliphatic rings. The number of hydrogen-bond acceptors (Lipinski definition) is 3. The third-order valence-corrected chi connectivity index (χ3v) is 3.45. The molecule has 5 nitrogen and oxygen atoms in total. The Morgan fingerprint density at radius 1 is 1.40 bits per heavy atom. The second kappa shape index (κ2) is 6.41. The normalized spacial score (nSPS) is 20.1. The summed E-state index contributed by atoms with van der Waals surface area (Å²) in [6.07, 6.45) is 1.23. The minimum Gasteiger partial charge on any atom is -0.497 e. The monoisotopic (exact) mass is 276 g/mol. The van der Waals surface area contributed by atoms with Crippen molar-refractivity contribution in [1.29, 1.82) is 0 Å². The number of carbonyl (C=O) groups excluding carboxylic acids is 2. The van der Waals surface area contributed by atoms with Crippen LogP contribution in [0.15, 0.2) is 24.3 Å². The summed E-state index contributed by atoms with van der Waals surface area (Å²) in [6.45, 7) is 2.43. The van der Waals surface area contributed by atoms with E-state index in [4.69, 9.17) is 4.74 Å². The summed E-state index contributed by atoms with van der Waals surface area (Å²) in [6, 6.07) is 7.17. The molecule has 1 aromatic carbocycles. The van der Waals surface area contributed by atoms with E-state index in [2.05, 4.69) is 17.6 Å². The van der Waals surface area contributed by atoms with Crippen LogP contribution in [-0.2, 0) is 9.59 Å². The van der Waals surface area contributed by atoms with Crippen molar-refractivity contribution in [3.8, 4) is 5.75 Å². The van der Waals surface area contributed by atoms with Crippen molar-refractivity contribution in [2.45, 2.75) is 19.8 Å². The molecular weight excluding hydrogens is 256 g/mol. The smallest absolute Gasteiger partial charge is 0.226 e. The van der Waals surface area contributed by atoms with Crippen LogP contribution in [0.1, 0.15) is 19.8 Å². The average Bonchev–Trinajstić information content (AvgIpc) is 3.16. The maximum absolute atomic E-state index is 11.7. The van der Waals surface area contributed by atoms with Crippen LogP contribution in [0.25, 0.3) is 0 Å². The van der Waals surface area contributed by atoms with Gasteiger partial charge in [0.1, 0.15) is 5.75 Å². The van der Waals surface area contributed by atoms with Crippen molar-refractivity contribution in [2.24, 2.45) is 11.8 Å². The van der Waals surface area contributed by atoms with Gasteiger partial charge in [-0.15, -0.1) is 0 Å². The van der Waals surface area contributed by atoms with Gasteiger partial charge in [-0.2, -0.15) is 0 Å². The average molecular weight is 276 g/mol. The van der Waals surface area contributed by atoms with E-state index < -0.39 is 0 Å². The van der Waals surface area contributed by atoms with Crippen LogP contribution in [-0.4, -0.2) is 25.5 Å². The molecule has 0 radical (unpaired) electrons. The highest BCUT2D eigenvalue weighted by Crippen LogP contribution is 2.37. The molecule has 0 aromatic heterocycles. The predicted molar refractivity (Wildman–Crippen MR) is 76.5 cm³/mol. The summed E-state index contributed by atoms with van der Waals surface area (Å²) in [5.74, 6) is 1.27. The molecule has 2 atom stereocenters. The zero-order valence-corrected chi connectivity index (χ0v) is 11.8. The van der Waals surface area contributed by atoms with Gasteiger partial charge in [0, 0.05) is 30.6 Å². The molecule has 20 heavy (non-hydrogen) atoms. The van der Waals surface area contributed by atoms with Crippen molar-refractivity contribution < 1.29 is 14.3 Å². The predicted octanol–water partition coefficient (Wildman–Crippen LogP) is 1.80. The molecule has 2 N–H and O–H groups in total. The number of ether oxygens (including phenoxy) is 1. The van der Waals surface area contributed by atoms with Crippen LogP contribution in [0.5, 0.6) is 5.75 Å². The fourth-order valence-corrected chi connectivity index (χ4v) is 2.04. The molecule has 2 unspecified atom stereocenters. The van der Waals surface area contributed by atoms with Crippen molar-refractivity contribution >= 4 is 17.5 Å². The fourth-order valence-electron chi connectivity index (χ4n) is 2.04. The van der Waals surface area contributed by atoms with Crippen LogP contribution in [0, 0.1) is 11.8 Å². The molecule has 0 aliphatic heterocycles. The summed E-state index contributed by atoms with van der Waals surface area (Å²) in [5.41, 5.74) is 0.691. The SMILES string of the molecule is COc1cccc(NC(=O)CCNC(=O)C2CC2C)c1. The first-order valence-corrected chi connectivity index (χ1v) is 6.81. The topological polar surface area (TPSA) is 67.4 Å². The Morgan fingerprint density at radius 3 is 2.80 bits per heavy atom. The summed E-state index contributed by atoms with van der Waals surface area (Å²) in [4.78, 5) is 23.3. The molecule has 5 heteroatoms. The van der Waals surface area contributed by atoms with Gasteiger partial charge in [-0.05, 0) is 24.5 Å². The zero-order chi connectivity index (χ0) is 14.5. The van der Waals surface area contributed by atoms with E-state index in [1.165, 1.54) is 0 Å². The van der Waals surface area contributed by atoms with Gasteiger partial charge >= 0.3 is 0 Å². The second-order valence-corrected chi connectivity index (χ2v) is 5.14. The largest absolute Gasteiger partial charge is 0.497 e. The minimum absolute atomic E-state index is 0.0617. The van der Waals surface area contributed by atoms with Crippen molar-refractivity contribution in [2.75, 3.05) is 19.0 Å². The standard InChI is InChI=1S/C15H20N2O3/c1-10-8-13(10)15(19)16-7-6-14(18)17-11-4-3-5-12(9-11)20-2/h3-5,9-10,13H,6-8H2,1-2H3,(H,16,19)(H,17,18). The van der Waals surface area contributed by atoms with E-state index in [0.29, 0.717) is 23.9 Å². The van der Waals surface area contributed by atoms with Gasteiger partial charge in [-0.1, -0.05) is 13.0 Å². The first-order valence-electron chi connectivity index (χ1n) is 6.81. The van der Waals surface area contributed by atoms with E-state index in [9.17, 15) is 9.59 Å². The summed E-state index contributed by atoms with van der Waals surface area (Å²) in [7, 11) is 1.58. The Labute approximate surface area is 118 Å². The highest BCUT2D eigenvalue weighted by molar-refractivity contribution is 5.91. The molecule has 0 spiro atoms. The number of benzene rings is 1. The lowest BCUT2D eigenvalue weighted by Gasteiger charge is -2.07. The van der Waals surface area contributed by atoms with Crippen molar-refractivity contribution in [1.82, 2.24) is 5.32 Å². The number of rotatable bonds is 6. The number of carbonyl (C=O) groups is 2. The Kier molecular flexibility index (Phi) is 4.61. The number of anilines is 1. The lowest BCUT2D eigenvalue weighted by molar-refractivity contribution is -0.122. The number of nitrogens with one attached hydrogen (secondary N) is 2. The zero-order valence-electron chi connectivity index (χ0n) is 11.8. The second-order valence-electron chi connectivity index (χ2n) is 5.14. The Hall–Kier alpha value is -2.04. The molecule has 1 aromatic rings. The summed E-state index contributed by atoms with van der Waals surface area (Å²) >= 11 is 0. The van der Waals surface area contributed by atoms with Gasteiger partial charge in [0.25, 0.3) is 0 Å². The maximum Gasteiger partial charge on any atom is 0.226 e. The lowest BCUT2D eigenvalue weighted by atomic mass is 10.3. The molecule has 1 saturated carbocycles. The van der Waals surface area contributed by atoms with Crippen LogP contribution < -0.4 is 15.4 Å². The van der Waals surface area contributed by atoms with Gasteiger partial charge < -0.3 is 15.4 Å². The molecule has 0 heterocycles. The van der Waals surface area contributed by atoms with Gasteiger partial charge in [-0.25, -0.2) is 0 Å². The molecule has 1 fully saturated rings. The summed E-state index contributed by atoms with van der Waals surface area (Å²) < 4.78 is 5.08. The van der Waals surface area contributed by atoms with E-state index in [1.807, 2.05) is 12.1 Å². The highest BCUT2D eigenvalue weighted by atomic mass is 16.5. The van der Waals surface area contributed by atoms with Crippen LogP contribution >= 0.6 is 0 Å². The van der Waals surface area contributed by atoms with Gasteiger partial charge in [0.15, 0.2) is 0 Å². The van der Waals surface area contributed by atoms with E-state index in [1.54, 1.807) is 19.2 Å². The number of amides is 2. The number of methoxy groups -OCH3 is 1. The maximum atomic E-state index is 11.7. The van der Waals surface area contributed by atoms with Crippen molar-refractivity contribution in [3.05, 3.63) is 24.3 Å². The van der Waals surface area contributed by atoms with Crippen LogP contribution in [0.3, 0.4) is 0 Å². The molecule has 1 aliphatic carbocycles. The Bertz CT molecular complexity index is 502. The third-order valence-electron chi connectivity index (χ3n) is 3.45. The lowest BCUT2D eigenvalue weighted by Crippen LogP contribution is -2.29. The number of hydrogen-bond donors (Lipinski definition) is 2. The quantitative estimate of drug-likeness (QED) is 0.832. The summed E-state index contributed by atoms with van der Waals surface area (Å²) in [5, 5.41) is 5.56. The van der Waals surface area contributed by atoms with E-state index in [-0.39, 0.29) is 24.2 Å². The fraction of sp³-hybridized carbons (Fsp3) is 0.467. The van der Waals surface area contributed by atoms with Gasteiger partial charge in [0.2, 0.25) is 11.8 Å². The van der Waals surface area contributed by atoms with Gasteiger partial charge in [0.05, 0.1) is 7.11 Å². The van der Waals surface area contributed by atoms with Crippen LogP contribution in [0.4, 0.5) is 5.69 Å². The Morgan fingerprint density at radius 2 is 2.15 bits per heavy atom. The Balaban J connectivity index is 1.70. The minimum atomic E-state index is -0.123. The molecule has 2 rings (SSSR count). The first kappa shape index (κ1) is 14.4. The van der Waals surface area contributed by atoms with Crippen LogP contribution in [0.2, 0.25) is 0 Å². The van der Waals surface area contributed by atoms with E-state index in [0.717, 1.165) is 6.42 Å². The molecule has 0 saturated heterocycles. The highest BCUT2D eigenvalue weighted by Gasteiger charge is 2.38. The van der Waals surface area contributed by atoms with Gasteiger partial charge in [-0.3, -0.25) is 9.59 Å². The molecule has 0 bridgehead atoms. The first-order chi connectivity index (χ1) is 9.60. The van der Waals surface area contributed by atoms with E-state index >= 15 is 0 Å². The molecule has 108 valence electrons. The van der Waals surface area contributed by atoms with Crippen molar-refractivity contribution in [3.63, 3.8) is 0 Å². The third kappa shape index (κ3) is 3.98. The molecular formula is C15H20N2O3. The molecule has 2 amide bonds.